The van der Waals surface area contributed by atoms with Gasteiger partial charge in [-0.05, 0) is 26.8 Å². The zero-order valence-corrected chi connectivity index (χ0v) is 13.5. The van der Waals surface area contributed by atoms with Crippen molar-refractivity contribution in [2.24, 2.45) is 0 Å². The van der Waals surface area contributed by atoms with Crippen LogP contribution in [0.25, 0.3) is 0 Å². The molecule has 20 heavy (non-hydrogen) atoms. The van der Waals surface area contributed by atoms with Gasteiger partial charge in [0.15, 0.2) is 0 Å². The molecule has 6 nitrogen and oxygen atoms in total. The summed E-state index contributed by atoms with van der Waals surface area (Å²) in [5, 5.41) is 2.71. The molecule has 0 spiro atoms. The zero-order valence-electron chi connectivity index (χ0n) is 12.7. The highest BCUT2D eigenvalue weighted by atomic mass is 32.2. The van der Waals surface area contributed by atoms with Crippen LogP contribution in [0.2, 0.25) is 0 Å². The van der Waals surface area contributed by atoms with Gasteiger partial charge in [-0.1, -0.05) is 0 Å². The quantitative estimate of drug-likeness (QED) is 0.738. The SMILES string of the molecule is C[C@@H](NC(=O)CN(C)C1CCS(=O)CC1)C(=O)N(C)C. The second-order valence-electron chi connectivity index (χ2n) is 5.52. The highest BCUT2D eigenvalue weighted by molar-refractivity contribution is 7.85. The summed E-state index contributed by atoms with van der Waals surface area (Å²) in [6, 6.07) is -0.205. The molecule has 1 N–H and O–H groups in total. The molecular formula is C13H25N3O3S. The van der Waals surface area contributed by atoms with E-state index in [9.17, 15) is 13.8 Å². The minimum Gasteiger partial charge on any atom is -0.347 e. The fraction of sp³-hybridized carbons (Fsp3) is 0.846. The summed E-state index contributed by atoms with van der Waals surface area (Å²) in [5.41, 5.74) is 0. The predicted octanol–water partition coefficient (Wildman–Crippen LogP) is -0.578. The molecule has 1 aliphatic rings. The third kappa shape index (κ3) is 5.20. The summed E-state index contributed by atoms with van der Waals surface area (Å²) in [6.45, 7) is 1.95. The number of amides is 2. The number of nitrogens with one attached hydrogen (secondary N) is 1. The number of likely N-dealkylation sites (N-methyl/N-ethyl adjacent to an activating group) is 2. The fourth-order valence-corrected chi connectivity index (χ4v) is 3.59. The van der Waals surface area contributed by atoms with Crippen LogP contribution in [0.5, 0.6) is 0 Å². The summed E-state index contributed by atoms with van der Waals surface area (Å²) in [5.74, 6) is 1.16. The standard InChI is InChI=1S/C13H25N3O3S/c1-10(13(18)15(2)3)14-12(17)9-16(4)11-5-7-20(19)8-6-11/h10-11H,5-9H2,1-4H3,(H,14,17)/t10-,11?,20?/m1/s1. The zero-order chi connectivity index (χ0) is 15.3. The van der Waals surface area contributed by atoms with Gasteiger partial charge in [-0.25, -0.2) is 0 Å². The van der Waals surface area contributed by atoms with E-state index in [1.807, 2.05) is 11.9 Å². The van der Waals surface area contributed by atoms with E-state index in [4.69, 9.17) is 0 Å². The molecule has 0 aromatic heterocycles. The summed E-state index contributed by atoms with van der Waals surface area (Å²) in [6.07, 6.45) is 1.73. The molecule has 0 aromatic carbocycles. The Morgan fingerprint density at radius 2 is 1.80 bits per heavy atom. The maximum Gasteiger partial charge on any atom is 0.244 e. The summed E-state index contributed by atoms with van der Waals surface area (Å²) < 4.78 is 11.3. The first-order valence-electron chi connectivity index (χ1n) is 6.87. The molecule has 1 atom stereocenters. The van der Waals surface area contributed by atoms with Crippen LogP contribution in [-0.2, 0) is 20.4 Å². The van der Waals surface area contributed by atoms with Crippen molar-refractivity contribution >= 4 is 22.6 Å². The molecule has 1 aliphatic heterocycles. The second kappa shape index (κ2) is 7.73. The molecule has 0 unspecified atom stereocenters. The van der Waals surface area contributed by atoms with Gasteiger partial charge in [0.25, 0.3) is 0 Å². The van der Waals surface area contributed by atoms with Gasteiger partial charge in [-0.15, -0.1) is 0 Å². The predicted molar refractivity (Wildman–Crippen MR) is 79.8 cm³/mol. The summed E-state index contributed by atoms with van der Waals surface area (Å²) in [7, 11) is 4.54. The molecule has 0 saturated carbocycles. The second-order valence-corrected chi connectivity index (χ2v) is 7.21. The Morgan fingerprint density at radius 1 is 1.25 bits per heavy atom. The number of carbonyl (C=O) groups excluding carboxylic acids is 2. The Bertz CT molecular complexity index is 377. The third-order valence-corrected chi connectivity index (χ3v) is 4.94. The fourth-order valence-electron chi connectivity index (χ4n) is 2.31. The van der Waals surface area contributed by atoms with Crippen molar-refractivity contribution in [2.45, 2.75) is 31.8 Å². The number of rotatable bonds is 5. The Kier molecular flexibility index (Phi) is 6.61. The van der Waals surface area contributed by atoms with E-state index < -0.39 is 16.8 Å². The molecule has 116 valence electrons. The van der Waals surface area contributed by atoms with Gasteiger partial charge in [-0.3, -0.25) is 18.7 Å². The van der Waals surface area contributed by atoms with Crippen molar-refractivity contribution < 1.29 is 13.8 Å². The minimum atomic E-state index is -0.688. The van der Waals surface area contributed by atoms with Crippen molar-refractivity contribution in [1.29, 1.82) is 0 Å². The molecule has 2 amide bonds. The molecule has 0 aliphatic carbocycles. The van der Waals surface area contributed by atoms with Crippen molar-refractivity contribution in [1.82, 2.24) is 15.1 Å². The Hall–Kier alpha value is -0.950. The van der Waals surface area contributed by atoms with Crippen molar-refractivity contribution in [3.63, 3.8) is 0 Å². The number of nitrogens with zero attached hydrogens (tertiary/aromatic N) is 2. The highest BCUT2D eigenvalue weighted by Crippen LogP contribution is 2.14. The average Bonchev–Trinajstić information content (AvgIpc) is 2.37. The van der Waals surface area contributed by atoms with E-state index in [2.05, 4.69) is 5.32 Å². The first kappa shape index (κ1) is 17.1. The van der Waals surface area contributed by atoms with Crippen LogP contribution in [-0.4, -0.2) is 77.1 Å². The molecule has 0 aromatic rings. The van der Waals surface area contributed by atoms with Gasteiger partial charge >= 0.3 is 0 Å². The Morgan fingerprint density at radius 3 is 2.30 bits per heavy atom. The van der Waals surface area contributed by atoms with Crippen LogP contribution < -0.4 is 5.32 Å². The Labute approximate surface area is 123 Å². The number of carbonyl (C=O) groups is 2. The lowest BCUT2D eigenvalue weighted by molar-refractivity contribution is -0.134. The first-order valence-corrected chi connectivity index (χ1v) is 8.35. The molecule has 0 bridgehead atoms. The van der Waals surface area contributed by atoms with Crippen LogP contribution >= 0.6 is 0 Å². The lowest BCUT2D eigenvalue weighted by Gasteiger charge is -2.30. The minimum absolute atomic E-state index is 0.117. The molecule has 7 heteroatoms. The normalized spacial score (nSPS) is 24.2. The van der Waals surface area contributed by atoms with Gasteiger partial charge in [0.2, 0.25) is 11.8 Å². The van der Waals surface area contributed by atoms with Gasteiger partial charge in [0.05, 0.1) is 6.54 Å². The lowest BCUT2D eigenvalue weighted by atomic mass is 10.1. The van der Waals surface area contributed by atoms with Gasteiger partial charge in [-0.2, -0.15) is 0 Å². The van der Waals surface area contributed by atoms with Crippen LogP contribution in [0, 0.1) is 0 Å². The van der Waals surface area contributed by atoms with E-state index in [1.54, 1.807) is 21.0 Å². The van der Waals surface area contributed by atoms with Gasteiger partial charge in [0, 0.05) is 42.4 Å². The van der Waals surface area contributed by atoms with Crippen LogP contribution in [0.3, 0.4) is 0 Å². The summed E-state index contributed by atoms with van der Waals surface area (Å²) in [4.78, 5) is 27.0. The first-order chi connectivity index (χ1) is 9.31. The van der Waals surface area contributed by atoms with Gasteiger partial charge < -0.3 is 10.2 Å². The van der Waals surface area contributed by atoms with E-state index in [0.29, 0.717) is 17.5 Å². The van der Waals surface area contributed by atoms with E-state index in [-0.39, 0.29) is 18.4 Å². The highest BCUT2D eigenvalue weighted by Gasteiger charge is 2.24. The largest absolute Gasteiger partial charge is 0.347 e. The van der Waals surface area contributed by atoms with Crippen molar-refractivity contribution in [3.05, 3.63) is 0 Å². The van der Waals surface area contributed by atoms with E-state index in [1.165, 1.54) is 4.90 Å². The molecular weight excluding hydrogens is 278 g/mol. The molecule has 1 saturated heterocycles. The molecule has 1 fully saturated rings. The average molecular weight is 303 g/mol. The molecule has 0 radical (unpaired) electrons. The Balaban J connectivity index is 2.38. The third-order valence-electron chi connectivity index (χ3n) is 3.56. The monoisotopic (exact) mass is 303 g/mol. The van der Waals surface area contributed by atoms with Crippen LogP contribution in [0.1, 0.15) is 19.8 Å². The lowest BCUT2D eigenvalue weighted by Crippen LogP contribution is -2.49. The number of hydrogen-bond donors (Lipinski definition) is 1. The smallest absolute Gasteiger partial charge is 0.244 e. The summed E-state index contributed by atoms with van der Waals surface area (Å²) >= 11 is 0. The van der Waals surface area contributed by atoms with Gasteiger partial charge in [0.1, 0.15) is 6.04 Å². The maximum atomic E-state index is 11.9. The van der Waals surface area contributed by atoms with E-state index in [0.717, 1.165) is 12.8 Å². The molecule has 1 rings (SSSR count). The van der Waals surface area contributed by atoms with E-state index >= 15 is 0 Å². The molecule has 1 heterocycles. The number of hydrogen-bond acceptors (Lipinski definition) is 4. The topological polar surface area (TPSA) is 69.7 Å². The van der Waals surface area contributed by atoms with Crippen molar-refractivity contribution in [2.75, 3.05) is 39.2 Å². The maximum absolute atomic E-state index is 11.9. The van der Waals surface area contributed by atoms with Crippen molar-refractivity contribution in [3.8, 4) is 0 Å². The van der Waals surface area contributed by atoms with Crippen LogP contribution in [0.15, 0.2) is 0 Å². The van der Waals surface area contributed by atoms with Crippen LogP contribution in [0.4, 0.5) is 0 Å².